The Morgan fingerprint density at radius 2 is 1.70 bits per heavy atom. The maximum Gasteiger partial charge on any atom is 0.295 e. The second-order valence-electron chi connectivity index (χ2n) is 5.93. The van der Waals surface area contributed by atoms with Crippen molar-refractivity contribution >= 4 is 11.6 Å². The highest BCUT2D eigenvalue weighted by molar-refractivity contribution is 6.07. The number of carbonyl (C=O) groups is 1. The van der Waals surface area contributed by atoms with Gasteiger partial charge in [-0.15, -0.1) is 0 Å². The fraction of sp³-hybridized carbons (Fsp3) is 0.200. The van der Waals surface area contributed by atoms with Crippen LogP contribution in [0.5, 0.6) is 11.5 Å². The van der Waals surface area contributed by atoms with Crippen LogP contribution in [0.3, 0.4) is 0 Å². The van der Waals surface area contributed by atoms with Gasteiger partial charge in [-0.2, -0.15) is 0 Å². The second kappa shape index (κ2) is 7.41. The van der Waals surface area contributed by atoms with Crippen LogP contribution in [0.25, 0.3) is 5.69 Å². The van der Waals surface area contributed by atoms with Crippen molar-refractivity contribution in [1.82, 2.24) is 9.36 Å². The maximum absolute atomic E-state index is 12.9. The minimum absolute atomic E-state index is 0.219. The van der Waals surface area contributed by atoms with Crippen LogP contribution < -0.4 is 20.3 Å². The second-order valence-corrected chi connectivity index (χ2v) is 5.93. The quantitative estimate of drug-likeness (QED) is 0.752. The molecule has 0 aliphatic carbocycles. The summed E-state index contributed by atoms with van der Waals surface area (Å²) in [7, 11) is 4.73. The first-order valence-corrected chi connectivity index (χ1v) is 8.36. The van der Waals surface area contributed by atoms with E-state index in [1.807, 2.05) is 30.3 Å². The van der Waals surface area contributed by atoms with Crippen molar-refractivity contribution in [3.05, 3.63) is 70.1 Å². The Balaban J connectivity index is 2.03. The van der Waals surface area contributed by atoms with Gasteiger partial charge in [-0.25, -0.2) is 4.68 Å². The Morgan fingerprint density at radius 3 is 2.33 bits per heavy atom. The number of amides is 1. The molecule has 1 N–H and O–H groups in total. The molecular weight excluding hydrogens is 346 g/mol. The summed E-state index contributed by atoms with van der Waals surface area (Å²) in [5, 5.41) is 2.72. The van der Waals surface area contributed by atoms with Crippen LogP contribution in [-0.4, -0.2) is 29.5 Å². The van der Waals surface area contributed by atoms with Gasteiger partial charge in [0.15, 0.2) is 11.5 Å². The number of anilines is 1. The number of aromatic nitrogens is 2. The van der Waals surface area contributed by atoms with Gasteiger partial charge in [0.2, 0.25) is 0 Å². The highest BCUT2D eigenvalue weighted by Crippen LogP contribution is 2.31. The number of ether oxygens (including phenoxy) is 2. The molecule has 1 heterocycles. The number of hydrogen-bond donors (Lipinski definition) is 1. The van der Waals surface area contributed by atoms with E-state index in [-0.39, 0.29) is 16.8 Å². The van der Waals surface area contributed by atoms with Crippen molar-refractivity contribution in [2.75, 3.05) is 19.5 Å². The summed E-state index contributed by atoms with van der Waals surface area (Å²) in [5.74, 6) is 0.308. The fourth-order valence-corrected chi connectivity index (χ4v) is 2.96. The summed E-state index contributed by atoms with van der Waals surface area (Å²) >= 11 is 0. The molecule has 0 fully saturated rings. The number of hydrogen-bond acceptors (Lipinski definition) is 4. The summed E-state index contributed by atoms with van der Waals surface area (Å²) in [4.78, 5) is 25.7. The molecule has 140 valence electrons. The molecule has 0 saturated heterocycles. The largest absolute Gasteiger partial charge is 0.493 e. The molecule has 0 aliphatic rings. The lowest BCUT2D eigenvalue weighted by molar-refractivity contribution is 0.102. The number of para-hydroxylation sites is 2. The Labute approximate surface area is 156 Å². The molecule has 0 radical (unpaired) electrons. The zero-order valence-corrected chi connectivity index (χ0v) is 15.6. The minimum atomic E-state index is -0.447. The van der Waals surface area contributed by atoms with Gasteiger partial charge in [-0.1, -0.05) is 24.3 Å². The molecule has 0 bridgehead atoms. The van der Waals surface area contributed by atoms with E-state index >= 15 is 0 Å². The summed E-state index contributed by atoms with van der Waals surface area (Å²) < 4.78 is 13.8. The lowest BCUT2D eigenvalue weighted by Gasteiger charge is -2.12. The van der Waals surface area contributed by atoms with Gasteiger partial charge >= 0.3 is 0 Å². The normalized spacial score (nSPS) is 10.5. The number of nitrogens with zero attached hydrogens (tertiary/aromatic N) is 2. The van der Waals surface area contributed by atoms with Crippen molar-refractivity contribution in [1.29, 1.82) is 0 Å². The van der Waals surface area contributed by atoms with Crippen molar-refractivity contribution in [2.45, 2.75) is 6.92 Å². The van der Waals surface area contributed by atoms with E-state index in [2.05, 4.69) is 5.32 Å². The average molecular weight is 367 g/mol. The van der Waals surface area contributed by atoms with Gasteiger partial charge in [0.1, 0.15) is 5.69 Å². The van der Waals surface area contributed by atoms with E-state index in [1.54, 1.807) is 36.9 Å². The summed E-state index contributed by atoms with van der Waals surface area (Å²) in [5.41, 5.74) is 1.55. The summed E-state index contributed by atoms with van der Waals surface area (Å²) in [6, 6.07) is 14.2. The van der Waals surface area contributed by atoms with Crippen LogP contribution >= 0.6 is 0 Å². The molecule has 0 unspecified atom stereocenters. The highest BCUT2D eigenvalue weighted by atomic mass is 16.5. The molecular formula is C20H21N3O4. The SMILES string of the molecule is COc1cccc(C(=O)Nc2c(C)n(C)n(-c3ccccc3)c2=O)c1OC. The van der Waals surface area contributed by atoms with E-state index in [4.69, 9.17) is 9.47 Å². The van der Waals surface area contributed by atoms with Crippen molar-refractivity contribution in [3.8, 4) is 17.2 Å². The van der Waals surface area contributed by atoms with Gasteiger partial charge in [-0.05, 0) is 31.2 Å². The molecule has 3 rings (SSSR count). The standard InChI is InChI=1S/C20H21N3O4/c1-13-17(20(25)23(22(13)2)14-9-6-5-7-10-14)21-19(24)15-11-8-12-16(26-3)18(15)27-4/h5-12H,1-4H3,(H,21,24). The molecule has 2 aromatic carbocycles. The predicted octanol–water partition coefficient (Wildman–Crippen LogP) is 2.75. The Morgan fingerprint density at radius 1 is 1.00 bits per heavy atom. The summed E-state index contributed by atoms with van der Waals surface area (Å²) in [6.07, 6.45) is 0. The van der Waals surface area contributed by atoms with E-state index in [1.165, 1.54) is 18.9 Å². The van der Waals surface area contributed by atoms with Gasteiger partial charge in [0, 0.05) is 7.05 Å². The van der Waals surface area contributed by atoms with Crippen molar-refractivity contribution in [2.24, 2.45) is 7.05 Å². The van der Waals surface area contributed by atoms with Crippen LogP contribution in [0.4, 0.5) is 5.69 Å². The number of benzene rings is 2. The first kappa shape index (κ1) is 18.3. The van der Waals surface area contributed by atoms with Crippen LogP contribution in [0.2, 0.25) is 0 Å². The van der Waals surface area contributed by atoms with E-state index in [0.29, 0.717) is 22.9 Å². The molecule has 0 atom stereocenters. The highest BCUT2D eigenvalue weighted by Gasteiger charge is 2.21. The van der Waals surface area contributed by atoms with E-state index in [0.717, 1.165) is 0 Å². The molecule has 0 saturated carbocycles. The summed E-state index contributed by atoms with van der Waals surface area (Å²) in [6.45, 7) is 1.78. The Hall–Kier alpha value is -3.48. The lowest BCUT2D eigenvalue weighted by Crippen LogP contribution is -2.23. The third-order valence-corrected chi connectivity index (χ3v) is 4.44. The topological polar surface area (TPSA) is 74.5 Å². The van der Waals surface area contributed by atoms with Crippen molar-refractivity contribution < 1.29 is 14.3 Å². The van der Waals surface area contributed by atoms with Crippen LogP contribution in [0, 0.1) is 6.92 Å². The molecule has 1 amide bonds. The zero-order chi connectivity index (χ0) is 19.6. The van der Waals surface area contributed by atoms with Gasteiger partial charge in [-0.3, -0.25) is 14.3 Å². The maximum atomic E-state index is 12.9. The predicted molar refractivity (Wildman–Crippen MR) is 103 cm³/mol. The van der Waals surface area contributed by atoms with Crippen LogP contribution in [-0.2, 0) is 7.05 Å². The molecule has 0 aliphatic heterocycles. The molecule has 7 nitrogen and oxygen atoms in total. The Kier molecular flexibility index (Phi) is 5.03. The molecule has 3 aromatic rings. The van der Waals surface area contributed by atoms with Gasteiger partial charge in [0.25, 0.3) is 11.5 Å². The third kappa shape index (κ3) is 3.19. The molecule has 27 heavy (non-hydrogen) atoms. The van der Waals surface area contributed by atoms with Gasteiger partial charge in [0.05, 0.1) is 31.2 Å². The van der Waals surface area contributed by atoms with Crippen LogP contribution in [0.15, 0.2) is 53.3 Å². The molecule has 0 spiro atoms. The number of rotatable bonds is 5. The smallest absolute Gasteiger partial charge is 0.295 e. The monoisotopic (exact) mass is 367 g/mol. The third-order valence-electron chi connectivity index (χ3n) is 4.44. The zero-order valence-electron chi connectivity index (χ0n) is 15.6. The first-order chi connectivity index (χ1) is 13.0. The Bertz CT molecular complexity index is 1040. The number of nitrogens with one attached hydrogen (secondary N) is 1. The van der Waals surface area contributed by atoms with E-state index in [9.17, 15) is 9.59 Å². The van der Waals surface area contributed by atoms with Crippen LogP contribution in [0.1, 0.15) is 16.1 Å². The fourth-order valence-electron chi connectivity index (χ4n) is 2.96. The van der Waals surface area contributed by atoms with Gasteiger partial charge < -0.3 is 14.8 Å². The molecule has 7 heteroatoms. The average Bonchev–Trinajstić information content (AvgIpc) is 2.91. The lowest BCUT2D eigenvalue weighted by atomic mass is 10.1. The van der Waals surface area contributed by atoms with Crippen molar-refractivity contribution in [3.63, 3.8) is 0 Å². The first-order valence-electron chi connectivity index (χ1n) is 8.36. The number of carbonyl (C=O) groups excluding carboxylic acids is 1. The van der Waals surface area contributed by atoms with E-state index < -0.39 is 5.91 Å². The number of methoxy groups -OCH3 is 2. The minimum Gasteiger partial charge on any atom is -0.493 e. The molecule has 1 aromatic heterocycles.